The van der Waals surface area contributed by atoms with E-state index in [1.54, 1.807) is 0 Å². The molecule has 0 unspecified atom stereocenters. The molecular weight excluding hydrogens is 765 g/mol. The first-order valence-electron chi connectivity index (χ1n) is 20.2. The molecule has 1 aliphatic rings. The maximum Gasteiger partial charge on any atom is 0.182 e. The zero-order valence-corrected chi connectivity index (χ0v) is 34.9. The van der Waals surface area contributed by atoms with Gasteiger partial charge >= 0.3 is 0 Å². The summed E-state index contributed by atoms with van der Waals surface area (Å²) in [7, 11) is -3.33. The molecule has 11 rings (SSSR count). The molecular formula is C56H38S2Si. The summed E-state index contributed by atoms with van der Waals surface area (Å²) < 4.78 is 2.59. The zero-order valence-electron chi connectivity index (χ0n) is 32.3. The summed E-state index contributed by atoms with van der Waals surface area (Å²) in [6.45, 7) is 0. The maximum absolute atomic E-state index is 3.33. The molecule has 1 aliphatic heterocycles. The highest BCUT2D eigenvalue weighted by molar-refractivity contribution is 7.31. The van der Waals surface area contributed by atoms with Gasteiger partial charge in [0.25, 0.3) is 0 Å². The highest BCUT2D eigenvalue weighted by atomic mass is 32.1. The van der Waals surface area contributed by atoms with E-state index in [9.17, 15) is 0 Å². The van der Waals surface area contributed by atoms with E-state index in [-0.39, 0.29) is 0 Å². The average molecular weight is 803 g/mol. The summed E-state index contributed by atoms with van der Waals surface area (Å²) in [5.41, 5.74) is 10.3. The van der Waals surface area contributed by atoms with Gasteiger partial charge in [0.2, 0.25) is 0 Å². The number of rotatable bonds is 8. The largest absolute Gasteiger partial charge is 0.182 e. The Morgan fingerprint density at radius 2 is 0.559 bits per heavy atom. The van der Waals surface area contributed by atoms with Gasteiger partial charge in [-0.15, -0.1) is 22.7 Å². The smallest absolute Gasteiger partial charge is 0.135 e. The molecule has 0 bridgehead atoms. The minimum atomic E-state index is -3.33. The topological polar surface area (TPSA) is 0 Å². The van der Waals surface area contributed by atoms with E-state index in [2.05, 4.69) is 231 Å². The summed E-state index contributed by atoms with van der Waals surface area (Å²) in [6.07, 6.45) is 0. The van der Waals surface area contributed by atoms with Crippen LogP contribution in [-0.2, 0) is 0 Å². The molecule has 0 aliphatic carbocycles. The Bertz CT molecular complexity index is 2940. The minimum absolute atomic E-state index is 1.23. The normalized spacial score (nSPS) is 13.8. The Kier molecular flexibility index (Phi) is 9.01. The number of hydrogen-bond acceptors (Lipinski definition) is 2. The Morgan fingerprint density at radius 1 is 0.271 bits per heavy atom. The van der Waals surface area contributed by atoms with Crippen LogP contribution in [0.5, 0.6) is 0 Å². The van der Waals surface area contributed by atoms with Gasteiger partial charge in [-0.25, -0.2) is 0 Å². The Hall–Kier alpha value is -6.62. The van der Waals surface area contributed by atoms with E-state index in [1.807, 2.05) is 22.7 Å². The summed E-state index contributed by atoms with van der Waals surface area (Å²) >= 11 is 3.84. The summed E-state index contributed by atoms with van der Waals surface area (Å²) in [6, 6.07) is 86.1. The Balaban J connectivity index is 1.45. The van der Waals surface area contributed by atoms with Gasteiger partial charge in [0, 0.05) is 41.1 Å². The van der Waals surface area contributed by atoms with Crippen LogP contribution in [0.1, 0.15) is 22.3 Å². The SMILES string of the molecule is c1ccc(C2=C(c3c(-c4ccccc4)sc4ccccc34)[Si](c3ccccc3)(c3ccccc3)C(c3c(-c4ccccc4)sc4ccccc34)=C2c2ccccc2)cc1. The molecule has 10 aromatic rings. The van der Waals surface area contributed by atoms with Gasteiger partial charge in [-0.1, -0.05) is 218 Å². The van der Waals surface area contributed by atoms with Crippen molar-refractivity contribution < 1.29 is 0 Å². The Morgan fingerprint density at radius 3 is 0.915 bits per heavy atom. The monoisotopic (exact) mass is 802 g/mol. The van der Waals surface area contributed by atoms with E-state index in [0.29, 0.717) is 0 Å². The van der Waals surface area contributed by atoms with Gasteiger partial charge in [-0.3, -0.25) is 0 Å². The van der Waals surface area contributed by atoms with Crippen molar-refractivity contribution in [2.75, 3.05) is 0 Å². The lowest BCUT2D eigenvalue weighted by molar-refractivity contribution is 1.59. The van der Waals surface area contributed by atoms with Crippen molar-refractivity contribution in [2.24, 2.45) is 0 Å². The zero-order chi connectivity index (χ0) is 39.2. The van der Waals surface area contributed by atoms with Crippen LogP contribution in [0.4, 0.5) is 0 Å². The van der Waals surface area contributed by atoms with Crippen molar-refractivity contribution in [1.29, 1.82) is 0 Å². The van der Waals surface area contributed by atoms with Crippen LogP contribution in [0.3, 0.4) is 0 Å². The summed E-state index contributed by atoms with van der Waals surface area (Å²) in [5.74, 6) is 0. The third-order valence-electron chi connectivity index (χ3n) is 11.8. The van der Waals surface area contributed by atoms with Crippen molar-refractivity contribution in [3.8, 4) is 20.9 Å². The number of hydrogen-bond donors (Lipinski definition) is 0. The first-order valence-corrected chi connectivity index (χ1v) is 23.8. The van der Waals surface area contributed by atoms with E-state index in [4.69, 9.17) is 0 Å². The second kappa shape index (κ2) is 15.0. The molecule has 8 aromatic carbocycles. The van der Waals surface area contributed by atoms with Gasteiger partial charge in [0.15, 0.2) is 8.07 Å². The molecule has 0 amide bonds. The number of thiophene rings is 2. The molecule has 2 aromatic heterocycles. The first-order chi connectivity index (χ1) is 29.3. The van der Waals surface area contributed by atoms with E-state index < -0.39 is 8.07 Å². The Labute approximate surface area is 354 Å². The molecule has 0 saturated heterocycles. The third-order valence-corrected chi connectivity index (χ3v) is 19.1. The molecule has 59 heavy (non-hydrogen) atoms. The molecule has 0 N–H and O–H groups in total. The van der Waals surface area contributed by atoms with Crippen LogP contribution in [-0.4, -0.2) is 8.07 Å². The van der Waals surface area contributed by atoms with Gasteiger partial charge in [-0.05, 0) is 66.3 Å². The fraction of sp³-hybridized carbons (Fsp3) is 0. The lowest BCUT2D eigenvalue weighted by Gasteiger charge is -2.36. The fourth-order valence-corrected chi connectivity index (χ4v) is 17.7. The van der Waals surface area contributed by atoms with Crippen molar-refractivity contribution in [2.45, 2.75) is 0 Å². The van der Waals surface area contributed by atoms with Crippen LogP contribution < -0.4 is 10.4 Å². The van der Waals surface area contributed by atoms with E-state index >= 15 is 0 Å². The minimum Gasteiger partial charge on any atom is -0.135 e. The molecule has 0 radical (unpaired) electrons. The van der Waals surface area contributed by atoms with Gasteiger partial charge < -0.3 is 0 Å². The van der Waals surface area contributed by atoms with Gasteiger partial charge in [0.1, 0.15) is 0 Å². The lowest BCUT2D eigenvalue weighted by atomic mass is 9.88. The fourth-order valence-electron chi connectivity index (χ4n) is 9.46. The summed E-state index contributed by atoms with van der Waals surface area (Å²) in [5, 5.41) is 8.24. The molecule has 0 atom stereocenters. The first kappa shape index (κ1) is 35.5. The highest BCUT2D eigenvalue weighted by Crippen LogP contribution is 2.61. The van der Waals surface area contributed by atoms with Crippen LogP contribution in [0.25, 0.3) is 62.6 Å². The molecule has 278 valence electrons. The number of fused-ring (bicyclic) bond motifs is 2. The molecule has 0 spiro atoms. The summed E-state index contributed by atoms with van der Waals surface area (Å²) in [4.78, 5) is 2.62. The predicted molar refractivity (Wildman–Crippen MR) is 259 cm³/mol. The molecule has 0 saturated carbocycles. The van der Waals surface area contributed by atoms with Crippen molar-refractivity contribution in [3.05, 3.63) is 253 Å². The quantitative estimate of drug-likeness (QED) is 0.134. The second-order valence-electron chi connectivity index (χ2n) is 15.1. The van der Waals surface area contributed by atoms with Crippen molar-refractivity contribution in [3.63, 3.8) is 0 Å². The maximum atomic E-state index is 2.43. The highest BCUT2D eigenvalue weighted by Gasteiger charge is 2.55. The molecule has 3 heterocycles. The van der Waals surface area contributed by atoms with Gasteiger partial charge in [-0.2, -0.15) is 0 Å². The molecule has 0 fully saturated rings. The molecule has 3 heteroatoms. The van der Waals surface area contributed by atoms with Crippen molar-refractivity contribution >= 4 is 82.8 Å². The van der Waals surface area contributed by atoms with Crippen LogP contribution in [0.2, 0.25) is 0 Å². The van der Waals surface area contributed by atoms with Gasteiger partial charge in [0.05, 0.1) is 0 Å². The van der Waals surface area contributed by atoms with Crippen LogP contribution in [0, 0.1) is 0 Å². The average Bonchev–Trinajstić information content (AvgIpc) is 3.99. The predicted octanol–water partition coefficient (Wildman–Crippen LogP) is 14.3. The van der Waals surface area contributed by atoms with E-state index in [0.717, 1.165) is 0 Å². The number of allylic oxidation sites excluding steroid dienone is 2. The van der Waals surface area contributed by atoms with Crippen LogP contribution >= 0.6 is 22.7 Å². The number of benzene rings is 8. The third kappa shape index (κ3) is 5.77. The van der Waals surface area contributed by atoms with Crippen LogP contribution in [0.15, 0.2) is 231 Å². The second-order valence-corrected chi connectivity index (χ2v) is 20.8. The standard InChI is InChI=1S/C56H38S2Si/c1-7-23-39(24-8-1)49-50(40-25-9-2-10-26-40)56(52-46-36-20-22-38-48(46)58-54(52)42-29-13-4-14-30-42)59(43-31-15-5-16-32-43,44-33-17-6-18-34-44)55(49)51-45-35-19-21-37-47(45)57-53(51)41-27-11-3-12-28-41/h1-38H. The van der Waals surface area contributed by atoms with E-state index in [1.165, 1.54) is 95.2 Å². The van der Waals surface area contributed by atoms with Crippen molar-refractivity contribution in [1.82, 2.24) is 0 Å². The molecule has 0 nitrogen and oxygen atoms in total. The lowest BCUT2D eigenvalue weighted by Crippen LogP contribution is -2.59.